The van der Waals surface area contributed by atoms with Crippen LogP contribution in [0.15, 0.2) is 22.9 Å². The molecule has 0 radical (unpaired) electrons. The normalized spacial score (nSPS) is 10.6. The Bertz CT molecular complexity index is 392. The first-order valence-corrected chi connectivity index (χ1v) is 3.38. The van der Waals surface area contributed by atoms with E-state index in [1.807, 2.05) is 19.1 Å². The Kier molecular flexibility index (Phi) is 1.12. The van der Waals surface area contributed by atoms with Crippen LogP contribution in [-0.4, -0.2) is 5.16 Å². The second-order valence-corrected chi connectivity index (χ2v) is 2.52. The van der Waals surface area contributed by atoms with Crippen LogP contribution in [0.3, 0.4) is 0 Å². The molecule has 0 aliphatic carbocycles. The lowest BCUT2D eigenvalue weighted by Gasteiger charge is -1.96. The Labute approximate surface area is 63.8 Å². The van der Waals surface area contributed by atoms with Gasteiger partial charge in [0.05, 0.1) is 6.20 Å². The highest BCUT2D eigenvalue weighted by molar-refractivity contribution is 5.83. The molecule has 11 heavy (non-hydrogen) atoms. The first-order chi connectivity index (χ1) is 5.29. The summed E-state index contributed by atoms with van der Waals surface area (Å²) in [7, 11) is 0. The van der Waals surface area contributed by atoms with Crippen molar-refractivity contribution in [1.29, 1.82) is 0 Å². The van der Waals surface area contributed by atoms with Crippen LogP contribution in [0.2, 0.25) is 0 Å². The average molecular weight is 148 g/mol. The number of benzene rings is 1. The van der Waals surface area contributed by atoms with E-state index >= 15 is 0 Å². The van der Waals surface area contributed by atoms with E-state index in [9.17, 15) is 0 Å². The molecule has 0 atom stereocenters. The number of fused-ring (bicyclic) bond motifs is 1. The van der Waals surface area contributed by atoms with E-state index in [1.54, 1.807) is 6.20 Å². The molecule has 56 valence electrons. The van der Waals surface area contributed by atoms with Gasteiger partial charge in [-0.3, -0.25) is 0 Å². The minimum absolute atomic E-state index is 0.745. The number of aryl methyl sites for hydroxylation is 1. The zero-order valence-electron chi connectivity index (χ0n) is 6.16. The number of hydrogen-bond acceptors (Lipinski definition) is 3. The monoisotopic (exact) mass is 148 g/mol. The Morgan fingerprint density at radius 3 is 3.09 bits per heavy atom. The molecule has 0 unspecified atom stereocenters. The maximum atomic E-state index is 5.66. The maximum Gasteiger partial charge on any atom is 0.171 e. The molecule has 2 N–H and O–H groups in total. The molecular formula is C8H8N2O. The molecule has 2 rings (SSSR count). The topological polar surface area (TPSA) is 52.0 Å². The molecule has 0 bridgehead atoms. The molecule has 1 heterocycles. The van der Waals surface area contributed by atoms with Crippen LogP contribution in [0.25, 0.3) is 11.0 Å². The van der Waals surface area contributed by atoms with Crippen LogP contribution in [-0.2, 0) is 0 Å². The van der Waals surface area contributed by atoms with Gasteiger partial charge in [0.2, 0.25) is 0 Å². The van der Waals surface area contributed by atoms with Crippen LogP contribution >= 0.6 is 0 Å². The lowest BCUT2D eigenvalue weighted by atomic mass is 10.1. The van der Waals surface area contributed by atoms with Crippen LogP contribution in [0.4, 0.5) is 5.69 Å². The summed E-state index contributed by atoms with van der Waals surface area (Å²) < 4.78 is 5.00. The second-order valence-electron chi connectivity index (χ2n) is 2.52. The first kappa shape index (κ1) is 6.22. The summed E-state index contributed by atoms with van der Waals surface area (Å²) in [6.07, 6.45) is 1.68. The van der Waals surface area contributed by atoms with Crippen molar-refractivity contribution in [2.45, 2.75) is 6.92 Å². The van der Waals surface area contributed by atoms with Gasteiger partial charge in [-0.15, -0.1) is 0 Å². The van der Waals surface area contributed by atoms with Crippen molar-refractivity contribution in [1.82, 2.24) is 5.16 Å². The summed E-state index contributed by atoms with van der Waals surface area (Å²) in [5.74, 6) is 0. The molecule has 0 aliphatic heterocycles. The van der Waals surface area contributed by atoms with Gasteiger partial charge < -0.3 is 10.3 Å². The van der Waals surface area contributed by atoms with Crippen molar-refractivity contribution < 1.29 is 4.52 Å². The van der Waals surface area contributed by atoms with Crippen molar-refractivity contribution in [3.63, 3.8) is 0 Å². The molecule has 0 saturated carbocycles. The highest BCUT2D eigenvalue weighted by Crippen LogP contribution is 2.22. The maximum absolute atomic E-state index is 5.66. The van der Waals surface area contributed by atoms with Crippen molar-refractivity contribution >= 4 is 16.7 Å². The SMILES string of the molecule is Cc1c(N)ccc2cnoc12. The van der Waals surface area contributed by atoms with Gasteiger partial charge in [0.15, 0.2) is 5.58 Å². The lowest BCUT2D eigenvalue weighted by Crippen LogP contribution is -1.87. The summed E-state index contributed by atoms with van der Waals surface area (Å²) in [5.41, 5.74) is 8.14. The van der Waals surface area contributed by atoms with Crippen molar-refractivity contribution in [3.05, 3.63) is 23.9 Å². The minimum Gasteiger partial charge on any atom is -0.398 e. The Morgan fingerprint density at radius 2 is 2.27 bits per heavy atom. The van der Waals surface area contributed by atoms with Crippen LogP contribution < -0.4 is 5.73 Å². The molecule has 2 aromatic rings. The van der Waals surface area contributed by atoms with E-state index in [0.29, 0.717) is 0 Å². The second kappa shape index (κ2) is 1.99. The van der Waals surface area contributed by atoms with Crippen molar-refractivity contribution in [2.24, 2.45) is 0 Å². The number of nitrogen functional groups attached to an aromatic ring is 1. The minimum atomic E-state index is 0.745. The molecule has 0 saturated heterocycles. The molecular weight excluding hydrogens is 140 g/mol. The van der Waals surface area contributed by atoms with Gasteiger partial charge in [0.1, 0.15) is 0 Å². The van der Waals surface area contributed by atoms with Crippen LogP contribution in [0, 0.1) is 6.92 Å². The molecule has 0 amide bonds. The van der Waals surface area contributed by atoms with E-state index in [-0.39, 0.29) is 0 Å². The third-order valence-electron chi connectivity index (χ3n) is 1.81. The largest absolute Gasteiger partial charge is 0.398 e. The highest BCUT2D eigenvalue weighted by Gasteiger charge is 2.03. The molecule has 3 nitrogen and oxygen atoms in total. The van der Waals surface area contributed by atoms with Crippen molar-refractivity contribution in [3.8, 4) is 0 Å². The zero-order valence-corrected chi connectivity index (χ0v) is 6.16. The lowest BCUT2D eigenvalue weighted by molar-refractivity contribution is 0.455. The number of aromatic nitrogens is 1. The van der Waals surface area contributed by atoms with Gasteiger partial charge in [-0.1, -0.05) is 5.16 Å². The number of anilines is 1. The Hall–Kier alpha value is -1.51. The van der Waals surface area contributed by atoms with Gasteiger partial charge in [-0.2, -0.15) is 0 Å². The Balaban J connectivity index is 2.93. The van der Waals surface area contributed by atoms with E-state index in [2.05, 4.69) is 5.16 Å². The summed E-state index contributed by atoms with van der Waals surface area (Å²) in [5, 5.41) is 4.67. The molecule has 0 aliphatic rings. The quantitative estimate of drug-likeness (QED) is 0.578. The first-order valence-electron chi connectivity index (χ1n) is 3.38. The summed E-state index contributed by atoms with van der Waals surface area (Å²) in [6.45, 7) is 1.92. The van der Waals surface area contributed by atoms with Gasteiger partial charge in [0.25, 0.3) is 0 Å². The zero-order chi connectivity index (χ0) is 7.84. The highest BCUT2D eigenvalue weighted by atomic mass is 16.5. The van der Waals surface area contributed by atoms with Gasteiger partial charge in [0, 0.05) is 16.6 Å². The van der Waals surface area contributed by atoms with E-state index in [4.69, 9.17) is 10.3 Å². The standard InChI is InChI=1S/C8H8N2O/c1-5-7(9)3-2-6-4-10-11-8(5)6/h2-4H,9H2,1H3. The predicted octanol–water partition coefficient (Wildman–Crippen LogP) is 1.72. The van der Waals surface area contributed by atoms with Gasteiger partial charge in [-0.25, -0.2) is 0 Å². The summed E-state index contributed by atoms with van der Waals surface area (Å²) in [4.78, 5) is 0. The molecule has 1 aromatic carbocycles. The fourth-order valence-electron chi connectivity index (χ4n) is 1.09. The van der Waals surface area contributed by atoms with Crippen molar-refractivity contribution in [2.75, 3.05) is 5.73 Å². The third kappa shape index (κ3) is 0.774. The number of nitrogens with zero attached hydrogens (tertiary/aromatic N) is 1. The fourth-order valence-corrected chi connectivity index (χ4v) is 1.09. The fraction of sp³-hybridized carbons (Fsp3) is 0.125. The number of nitrogens with two attached hydrogens (primary N) is 1. The molecule has 0 spiro atoms. The van der Waals surface area contributed by atoms with Crippen LogP contribution in [0.1, 0.15) is 5.56 Å². The Morgan fingerprint density at radius 1 is 1.45 bits per heavy atom. The predicted molar refractivity (Wildman–Crippen MR) is 43.2 cm³/mol. The van der Waals surface area contributed by atoms with E-state index in [0.717, 1.165) is 22.2 Å². The average Bonchev–Trinajstić information content (AvgIpc) is 2.45. The van der Waals surface area contributed by atoms with E-state index < -0.39 is 0 Å². The smallest absolute Gasteiger partial charge is 0.171 e. The summed E-state index contributed by atoms with van der Waals surface area (Å²) >= 11 is 0. The number of rotatable bonds is 0. The van der Waals surface area contributed by atoms with E-state index in [1.165, 1.54) is 0 Å². The van der Waals surface area contributed by atoms with Gasteiger partial charge >= 0.3 is 0 Å². The number of hydrogen-bond donors (Lipinski definition) is 1. The van der Waals surface area contributed by atoms with Crippen LogP contribution in [0.5, 0.6) is 0 Å². The molecule has 1 aromatic heterocycles. The molecule has 0 fully saturated rings. The molecule has 3 heteroatoms. The third-order valence-corrected chi connectivity index (χ3v) is 1.81. The summed E-state index contributed by atoms with van der Waals surface area (Å²) in [6, 6.07) is 3.75. The van der Waals surface area contributed by atoms with Gasteiger partial charge in [-0.05, 0) is 19.1 Å².